The summed E-state index contributed by atoms with van der Waals surface area (Å²) in [7, 11) is 0. The number of nitrogens with zero attached hydrogens (tertiary/aromatic N) is 2. The number of hydrogen-bond acceptors (Lipinski definition) is 4. The topological polar surface area (TPSA) is 65.5 Å². The highest BCUT2D eigenvalue weighted by Gasteiger charge is 2.23. The average Bonchev–Trinajstić information content (AvgIpc) is 3.48. The van der Waals surface area contributed by atoms with Crippen LogP contribution in [-0.4, -0.2) is 29.1 Å². The van der Waals surface area contributed by atoms with Gasteiger partial charge in [0.1, 0.15) is 0 Å². The van der Waals surface area contributed by atoms with E-state index in [1.54, 1.807) is 12.3 Å². The fourth-order valence-corrected chi connectivity index (χ4v) is 5.15. The summed E-state index contributed by atoms with van der Waals surface area (Å²) in [5.41, 5.74) is 9.00. The van der Waals surface area contributed by atoms with Gasteiger partial charge in [0.15, 0.2) is 0 Å². The molecule has 3 aromatic rings. The Kier molecular flexibility index (Phi) is 5.66. The molecule has 1 atom stereocenters. The summed E-state index contributed by atoms with van der Waals surface area (Å²) in [5.74, 6) is -0.891. The molecule has 1 aromatic heterocycles. The molecule has 5 rings (SSSR count). The minimum Gasteiger partial charge on any atom is -0.478 e. The van der Waals surface area contributed by atoms with Crippen molar-refractivity contribution in [2.75, 3.05) is 18.0 Å². The van der Waals surface area contributed by atoms with E-state index in [1.807, 2.05) is 0 Å². The molecular formula is C27H29N3O2. The van der Waals surface area contributed by atoms with Crippen LogP contribution in [0.2, 0.25) is 0 Å². The van der Waals surface area contributed by atoms with Crippen molar-refractivity contribution in [3.8, 4) is 11.1 Å². The van der Waals surface area contributed by atoms with E-state index in [4.69, 9.17) is 0 Å². The lowest BCUT2D eigenvalue weighted by Gasteiger charge is -2.19. The number of carboxylic acids is 1. The molecule has 5 heteroatoms. The van der Waals surface area contributed by atoms with Crippen molar-refractivity contribution in [2.24, 2.45) is 0 Å². The molecular weight excluding hydrogens is 398 g/mol. The van der Waals surface area contributed by atoms with Gasteiger partial charge in [0, 0.05) is 43.8 Å². The number of pyridine rings is 1. The first-order valence-electron chi connectivity index (χ1n) is 11.5. The van der Waals surface area contributed by atoms with E-state index in [2.05, 4.69) is 58.5 Å². The Balaban J connectivity index is 1.32. The van der Waals surface area contributed by atoms with E-state index in [-0.39, 0.29) is 6.04 Å². The number of aromatic nitrogens is 1. The van der Waals surface area contributed by atoms with Crippen molar-refractivity contribution >= 4 is 11.7 Å². The van der Waals surface area contributed by atoms with Crippen molar-refractivity contribution in [2.45, 2.75) is 45.2 Å². The molecule has 1 fully saturated rings. The summed E-state index contributed by atoms with van der Waals surface area (Å²) >= 11 is 0. The third-order valence-corrected chi connectivity index (χ3v) is 6.89. The van der Waals surface area contributed by atoms with E-state index in [1.165, 1.54) is 52.5 Å². The van der Waals surface area contributed by atoms with Crippen molar-refractivity contribution < 1.29 is 9.90 Å². The zero-order valence-electron chi connectivity index (χ0n) is 18.5. The minimum atomic E-state index is -0.891. The van der Waals surface area contributed by atoms with Crippen molar-refractivity contribution in [3.05, 3.63) is 82.7 Å². The Bertz CT molecular complexity index is 1150. The maximum atomic E-state index is 11.5. The number of anilines is 1. The van der Waals surface area contributed by atoms with Gasteiger partial charge in [-0.3, -0.25) is 4.98 Å². The molecule has 0 radical (unpaired) electrons. The Morgan fingerprint density at radius 2 is 2.00 bits per heavy atom. The largest absolute Gasteiger partial charge is 0.478 e. The van der Waals surface area contributed by atoms with Gasteiger partial charge in [0.25, 0.3) is 0 Å². The molecule has 0 amide bonds. The highest BCUT2D eigenvalue weighted by atomic mass is 16.4. The second kappa shape index (κ2) is 8.75. The molecule has 0 aliphatic carbocycles. The van der Waals surface area contributed by atoms with Crippen LogP contribution < -0.4 is 10.2 Å². The molecule has 0 bridgehead atoms. The molecule has 1 saturated heterocycles. The first-order valence-corrected chi connectivity index (χ1v) is 11.5. The van der Waals surface area contributed by atoms with Crippen LogP contribution in [0.3, 0.4) is 0 Å². The summed E-state index contributed by atoms with van der Waals surface area (Å²) in [6, 6.07) is 15.4. The summed E-state index contributed by atoms with van der Waals surface area (Å²) in [4.78, 5) is 18.1. The van der Waals surface area contributed by atoms with E-state index < -0.39 is 5.97 Å². The fourth-order valence-electron chi connectivity index (χ4n) is 5.15. The number of aryl methyl sites for hydroxylation is 2. The molecule has 5 nitrogen and oxygen atoms in total. The highest BCUT2D eigenvalue weighted by Crippen LogP contribution is 2.35. The molecule has 2 aliphatic rings. The summed E-state index contributed by atoms with van der Waals surface area (Å²) in [5, 5.41) is 13.0. The zero-order chi connectivity index (χ0) is 22.1. The summed E-state index contributed by atoms with van der Waals surface area (Å²) < 4.78 is 0. The number of hydrogen-bond donors (Lipinski definition) is 2. The monoisotopic (exact) mass is 427 g/mol. The normalized spacial score (nSPS) is 17.5. The van der Waals surface area contributed by atoms with Gasteiger partial charge in [0.2, 0.25) is 0 Å². The quantitative estimate of drug-likeness (QED) is 0.571. The molecule has 3 heterocycles. The van der Waals surface area contributed by atoms with Gasteiger partial charge >= 0.3 is 5.97 Å². The molecule has 0 saturated carbocycles. The van der Waals surface area contributed by atoms with Gasteiger partial charge in [-0.2, -0.15) is 0 Å². The molecule has 2 aromatic carbocycles. The third-order valence-electron chi connectivity index (χ3n) is 6.89. The SMILES string of the molecule is Cc1cc(N2CCCC2)ccc1-c1ccc2c(c1)CN[C@H]2CCc1cnccc1C(=O)O. The number of carbonyl (C=O) groups is 1. The van der Waals surface area contributed by atoms with Crippen LogP contribution in [0.4, 0.5) is 5.69 Å². The molecule has 0 unspecified atom stereocenters. The van der Waals surface area contributed by atoms with E-state index in [0.717, 1.165) is 31.6 Å². The van der Waals surface area contributed by atoms with Crippen molar-refractivity contribution in [3.63, 3.8) is 0 Å². The fraction of sp³-hybridized carbons (Fsp3) is 0.333. The van der Waals surface area contributed by atoms with Gasteiger partial charge in [-0.15, -0.1) is 0 Å². The second-order valence-electron chi connectivity index (χ2n) is 8.92. The second-order valence-corrected chi connectivity index (χ2v) is 8.92. The highest BCUT2D eigenvalue weighted by molar-refractivity contribution is 5.89. The van der Waals surface area contributed by atoms with Crippen molar-refractivity contribution in [1.29, 1.82) is 0 Å². The Morgan fingerprint density at radius 3 is 2.78 bits per heavy atom. The smallest absolute Gasteiger partial charge is 0.336 e. The number of aromatic carboxylic acids is 1. The molecule has 2 aliphatic heterocycles. The molecule has 164 valence electrons. The lowest BCUT2D eigenvalue weighted by molar-refractivity contribution is 0.0695. The first-order chi connectivity index (χ1) is 15.6. The maximum Gasteiger partial charge on any atom is 0.336 e. The predicted molar refractivity (Wildman–Crippen MR) is 127 cm³/mol. The molecule has 32 heavy (non-hydrogen) atoms. The van der Waals surface area contributed by atoms with Gasteiger partial charge in [-0.25, -0.2) is 4.79 Å². The molecule has 2 N–H and O–H groups in total. The number of nitrogens with one attached hydrogen (secondary N) is 1. The Hall–Kier alpha value is -3.18. The van der Waals surface area contributed by atoms with Gasteiger partial charge in [-0.1, -0.05) is 18.2 Å². The van der Waals surface area contributed by atoms with Crippen LogP contribution in [0.15, 0.2) is 54.9 Å². The van der Waals surface area contributed by atoms with E-state index in [9.17, 15) is 9.90 Å². The number of carboxylic acid groups (broad SMARTS) is 1. The van der Waals surface area contributed by atoms with Gasteiger partial charge in [-0.05, 0) is 90.3 Å². The zero-order valence-corrected chi connectivity index (χ0v) is 18.5. The third kappa shape index (κ3) is 4.00. The lowest BCUT2D eigenvalue weighted by atomic mass is 9.93. The van der Waals surface area contributed by atoms with Crippen LogP contribution in [0, 0.1) is 6.92 Å². The Labute approximate surface area is 189 Å². The van der Waals surface area contributed by atoms with Crippen LogP contribution in [0.1, 0.15) is 57.9 Å². The summed E-state index contributed by atoms with van der Waals surface area (Å²) in [6.07, 6.45) is 7.33. The maximum absolute atomic E-state index is 11.5. The van der Waals surface area contributed by atoms with Gasteiger partial charge in [0.05, 0.1) is 5.56 Å². The van der Waals surface area contributed by atoms with Crippen molar-refractivity contribution in [1.82, 2.24) is 10.3 Å². The minimum absolute atomic E-state index is 0.236. The van der Waals surface area contributed by atoms with E-state index in [0.29, 0.717) is 12.0 Å². The number of benzene rings is 2. The van der Waals surface area contributed by atoms with Crippen LogP contribution in [-0.2, 0) is 13.0 Å². The lowest BCUT2D eigenvalue weighted by Crippen LogP contribution is -2.17. The first kappa shape index (κ1) is 20.7. The predicted octanol–water partition coefficient (Wildman–Crippen LogP) is 5.13. The van der Waals surface area contributed by atoms with Crippen LogP contribution in [0.5, 0.6) is 0 Å². The number of fused-ring (bicyclic) bond motifs is 1. The summed E-state index contributed by atoms with van der Waals surface area (Å²) in [6.45, 7) is 5.38. The Morgan fingerprint density at radius 1 is 1.16 bits per heavy atom. The number of rotatable bonds is 6. The standard InChI is InChI=1S/C27H29N3O2/c1-18-14-22(30-12-2-3-13-30)6-8-23(18)19-4-7-24-21(15-19)17-29-26(24)9-5-20-16-28-11-10-25(20)27(31)32/h4,6-8,10-11,14-16,26,29H,2-3,5,9,12-13,17H2,1H3,(H,31,32)/t26-/m0/s1. The van der Waals surface area contributed by atoms with Gasteiger partial charge < -0.3 is 15.3 Å². The van der Waals surface area contributed by atoms with Crippen LogP contribution in [0.25, 0.3) is 11.1 Å². The molecule has 0 spiro atoms. The average molecular weight is 428 g/mol. The van der Waals surface area contributed by atoms with Crippen LogP contribution >= 0.6 is 0 Å². The van der Waals surface area contributed by atoms with E-state index >= 15 is 0 Å².